The van der Waals surface area contributed by atoms with Crippen molar-refractivity contribution >= 4 is 24.1 Å². The lowest BCUT2D eigenvalue weighted by molar-refractivity contribution is 0.0635. The standard InChI is InChI=1S/C21H23NO4/c1-21(2,3)26-20(24)22-18-11-12-19(17(14-18)15-23)25-13-7-10-16-8-5-4-6-9-16/h4-12,14-15H,13H2,1-3H3,(H,22,24)/b10-7+. The highest BCUT2D eigenvalue weighted by Gasteiger charge is 2.16. The van der Waals surface area contributed by atoms with E-state index in [0.29, 0.717) is 29.9 Å². The summed E-state index contributed by atoms with van der Waals surface area (Å²) in [5.74, 6) is 0.451. The molecule has 26 heavy (non-hydrogen) atoms. The van der Waals surface area contributed by atoms with Crippen LogP contribution in [0, 0.1) is 0 Å². The molecule has 0 aliphatic carbocycles. The van der Waals surface area contributed by atoms with E-state index >= 15 is 0 Å². The van der Waals surface area contributed by atoms with Gasteiger partial charge < -0.3 is 9.47 Å². The van der Waals surface area contributed by atoms with Crippen LogP contribution in [-0.2, 0) is 4.74 Å². The number of anilines is 1. The Hall–Kier alpha value is -3.08. The highest BCUT2D eigenvalue weighted by molar-refractivity contribution is 5.88. The molecular weight excluding hydrogens is 330 g/mol. The summed E-state index contributed by atoms with van der Waals surface area (Å²) in [7, 11) is 0. The molecule has 5 nitrogen and oxygen atoms in total. The molecule has 2 aromatic rings. The summed E-state index contributed by atoms with van der Waals surface area (Å²) in [5, 5.41) is 2.60. The monoisotopic (exact) mass is 353 g/mol. The Balaban J connectivity index is 1.96. The van der Waals surface area contributed by atoms with E-state index in [0.717, 1.165) is 5.56 Å². The number of hydrogen-bond acceptors (Lipinski definition) is 4. The smallest absolute Gasteiger partial charge is 0.412 e. The van der Waals surface area contributed by atoms with Gasteiger partial charge in [-0.05, 0) is 50.6 Å². The minimum Gasteiger partial charge on any atom is -0.489 e. The van der Waals surface area contributed by atoms with Crippen LogP contribution in [0.15, 0.2) is 54.6 Å². The van der Waals surface area contributed by atoms with Gasteiger partial charge in [-0.1, -0.05) is 36.4 Å². The van der Waals surface area contributed by atoms with Gasteiger partial charge in [0.15, 0.2) is 6.29 Å². The molecule has 0 aliphatic rings. The Morgan fingerprint density at radius 1 is 1.12 bits per heavy atom. The SMILES string of the molecule is CC(C)(C)OC(=O)Nc1ccc(OC/C=C/c2ccccc2)c(C=O)c1. The quantitative estimate of drug-likeness (QED) is 0.747. The van der Waals surface area contributed by atoms with E-state index in [2.05, 4.69) is 5.32 Å². The molecule has 0 saturated carbocycles. The van der Waals surface area contributed by atoms with Crippen molar-refractivity contribution in [1.29, 1.82) is 0 Å². The first-order valence-corrected chi connectivity index (χ1v) is 8.31. The van der Waals surface area contributed by atoms with Gasteiger partial charge in [0.1, 0.15) is 18.0 Å². The van der Waals surface area contributed by atoms with E-state index in [-0.39, 0.29) is 0 Å². The molecule has 2 aromatic carbocycles. The minimum atomic E-state index is -0.592. The van der Waals surface area contributed by atoms with Crippen LogP contribution in [0.4, 0.5) is 10.5 Å². The fourth-order valence-electron chi connectivity index (χ4n) is 2.16. The lowest BCUT2D eigenvalue weighted by Crippen LogP contribution is -2.27. The van der Waals surface area contributed by atoms with Gasteiger partial charge in [0.2, 0.25) is 0 Å². The Labute approximate surface area is 153 Å². The van der Waals surface area contributed by atoms with E-state index in [9.17, 15) is 9.59 Å². The summed E-state index contributed by atoms with van der Waals surface area (Å²) in [6, 6.07) is 14.7. The Bertz CT molecular complexity index is 776. The summed E-state index contributed by atoms with van der Waals surface area (Å²) in [6.07, 6.45) is 3.93. The number of nitrogens with one attached hydrogen (secondary N) is 1. The van der Waals surface area contributed by atoms with Crippen molar-refractivity contribution in [3.63, 3.8) is 0 Å². The van der Waals surface area contributed by atoms with Gasteiger partial charge in [0.05, 0.1) is 5.56 Å². The van der Waals surface area contributed by atoms with Gasteiger partial charge in [0.25, 0.3) is 0 Å². The predicted octanol–water partition coefficient (Wildman–Crippen LogP) is 4.94. The topological polar surface area (TPSA) is 64.6 Å². The molecular formula is C21H23NO4. The molecule has 5 heteroatoms. The zero-order chi connectivity index (χ0) is 19.0. The van der Waals surface area contributed by atoms with Crippen molar-refractivity contribution < 1.29 is 19.1 Å². The van der Waals surface area contributed by atoms with Gasteiger partial charge in [-0.2, -0.15) is 0 Å². The molecule has 0 radical (unpaired) electrons. The zero-order valence-corrected chi connectivity index (χ0v) is 15.2. The molecule has 0 aromatic heterocycles. The number of hydrogen-bond donors (Lipinski definition) is 1. The summed E-state index contributed by atoms with van der Waals surface area (Å²) in [4.78, 5) is 23.1. The lowest BCUT2D eigenvalue weighted by Gasteiger charge is -2.19. The fourth-order valence-corrected chi connectivity index (χ4v) is 2.16. The third-order valence-electron chi connectivity index (χ3n) is 3.23. The van der Waals surface area contributed by atoms with Gasteiger partial charge in [-0.3, -0.25) is 10.1 Å². The van der Waals surface area contributed by atoms with E-state index in [1.807, 2.05) is 42.5 Å². The second-order valence-corrected chi connectivity index (χ2v) is 6.62. The van der Waals surface area contributed by atoms with Crippen molar-refractivity contribution in [2.75, 3.05) is 11.9 Å². The lowest BCUT2D eigenvalue weighted by atomic mass is 10.2. The third kappa shape index (κ3) is 6.43. The van der Waals surface area contributed by atoms with Crippen molar-refractivity contribution in [3.8, 4) is 5.75 Å². The van der Waals surface area contributed by atoms with Gasteiger partial charge in [-0.25, -0.2) is 4.79 Å². The number of amides is 1. The van der Waals surface area contributed by atoms with E-state index in [1.54, 1.807) is 39.0 Å². The normalized spacial score (nSPS) is 11.2. The number of benzene rings is 2. The van der Waals surface area contributed by atoms with Crippen LogP contribution in [-0.4, -0.2) is 24.6 Å². The van der Waals surface area contributed by atoms with Crippen LogP contribution in [0.5, 0.6) is 5.75 Å². The van der Waals surface area contributed by atoms with E-state index < -0.39 is 11.7 Å². The van der Waals surface area contributed by atoms with Crippen LogP contribution < -0.4 is 10.1 Å². The molecule has 1 amide bonds. The molecule has 0 unspecified atom stereocenters. The Morgan fingerprint density at radius 3 is 2.50 bits per heavy atom. The summed E-state index contributed by atoms with van der Waals surface area (Å²) in [6.45, 7) is 5.67. The fraction of sp³-hybridized carbons (Fsp3) is 0.238. The molecule has 1 N–H and O–H groups in total. The van der Waals surface area contributed by atoms with Gasteiger partial charge in [0, 0.05) is 5.69 Å². The van der Waals surface area contributed by atoms with Crippen LogP contribution in [0.2, 0.25) is 0 Å². The number of rotatable bonds is 6. The average Bonchev–Trinajstić information content (AvgIpc) is 2.58. The van der Waals surface area contributed by atoms with E-state index in [1.165, 1.54) is 0 Å². The predicted molar refractivity (Wildman–Crippen MR) is 103 cm³/mol. The van der Waals surface area contributed by atoms with Crippen molar-refractivity contribution in [3.05, 3.63) is 65.7 Å². The van der Waals surface area contributed by atoms with Crippen molar-refractivity contribution in [2.45, 2.75) is 26.4 Å². The van der Waals surface area contributed by atoms with Gasteiger partial charge >= 0.3 is 6.09 Å². The zero-order valence-electron chi connectivity index (χ0n) is 15.2. The van der Waals surface area contributed by atoms with Crippen molar-refractivity contribution in [2.24, 2.45) is 0 Å². The molecule has 0 heterocycles. The summed E-state index contributed by atoms with van der Waals surface area (Å²) in [5.41, 5.74) is 1.30. The first-order chi connectivity index (χ1) is 12.4. The van der Waals surface area contributed by atoms with Crippen LogP contribution in [0.25, 0.3) is 6.08 Å². The summed E-state index contributed by atoms with van der Waals surface area (Å²) >= 11 is 0. The second kappa shape index (κ2) is 8.85. The highest BCUT2D eigenvalue weighted by atomic mass is 16.6. The van der Waals surface area contributed by atoms with E-state index in [4.69, 9.17) is 9.47 Å². The van der Waals surface area contributed by atoms with Crippen LogP contribution >= 0.6 is 0 Å². The molecule has 136 valence electrons. The van der Waals surface area contributed by atoms with Gasteiger partial charge in [-0.15, -0.1) is 0 Å². The van der Waals surface area contributed by atoms with Crippen LogP contribution in [0.3, 0.4) is 0 Å². The minimum absolute atomic E-state index is 0.328. The molecule has 0 saturated heterocycles. The first-order valence-electron chi connectivity index (χ1n) is 8.31. The molecule has 0 atom stereocenters. The first kappa shape index (κ1) is 19.2. The highest BCUT2D eigenvalue weighted by Crippen LogP contribution is 2.22. The third-order valence-corrected chi connectivity index (χ3v) is 3.23. The van der Waals surface area contributed by atoms with Crippen molar-refractivity contribution in [1.82, 2.24) is 0 Å². The second-order valence-electron chi connectivity index (χ2n) is 6.62. The maximum atomic E-state index is 11.8. The van der Waals surface area contributed by atoms with Crippen LogP contribution in [0.1, 0.15) is 36.7 Å². The number of aldehydes is 1. The largest absolute Gasteiger partial charge is 0.489 e. The molecule has 0 fully saturated rings. The average molecular weight is 353 g/mol. The molecule has 0 bridgehead atoms. The summed E-state index contributed by atoms with van der Waals surface area (Å²) < 4.78 is 10.8. The molecule has 0 spiro atoms. The maximum absolute atomic E-state index is 11.8. The number of carbonyl (C=O) groups excluding carboxylic acids is 2. The Kier molecular flexibility index (Phi) is 6.55. The molecule has 0 aliphatic heterocycles. The maximum Gasteiger partial charge on any atom is 0.412 e. The number of ether oxygens (including phenoxy) is 2. The molecule has 2 rings (SSSR count). The number of carbonyl (C=O) groups is 2. The Morgan fingerprint density at radius 2 is 1.85 bits per heavy atom.